The van der Waals surface area contributed by atoms with E-state index >= 15 is 0 Å². The van der Waals surface area contributed by atoms with Crippen LogP contribution in [0.2, 0.25) is 0 Å². The van der Waals surface area contributed by atoms with Crippen LogP contribution in [-0.2, 0) is 9.47 Å². The van der Waals surface area contributed by atoms with Crippen molar-refractivity contribution in [1.29, 1.82) is 0 Å². The van der Waals surface area contributed by atoms with Crippen molar-refractivity contribution < 1.29 is 19.1 Å². The Morgan fingerprint density at radius 3 is 2.61 bits per heavy atom. The first kappa shape index (κ1) is 19.4. The minimum Gasteiger partial charge on any atom is -0.462 e. The monoisotopic (exact) mass is 378 g/mol. The molecule has 0 unspecified atom stereocenters. The van der Waals surface area contributed by atoms with Crippen LogP contribution in [0.3, 0.4) is 0 Å². The molecule has 0 saturated carbocycles. The quantitative estimate of drug-likeness (QED) is 0.599. The van der Waals surface area contributed by atoms with Gasteiger partial charge in [-0.15, -0.1) is 0 Å². The van der Waals surface area contributed by atoms with Gasteiger partial charge in [-0.05, 0) is 37.6 Å². The number of rotatable bonds is 7. The van der Waals surface area contributed by atoms with Gasteiger partial charge in [-0.3, -0.25) is 4.98 Å². The second-order valence-electron chi connectivity index (χ2n) is 6.13. The average molecular weight is 378 g/mol. The number of nitrogens with one attached hydrogen (secondary N) is 1. The Morgan fingerprint density at radius 2 is 1.82 bits per heavy atom. The second kappa shape index (κ2) is 8.99. The van der Waals surface area contributed by atoms with Gasteiger partial charge in [0.25, 0.3) is 0 Å². The van der Waals surface area contributed by atoms with Crippen LogP contribution in [0.1, 0.15) is 41.0 Å². The third-order valence-electron chi connectivity index (χ3n) is 4.08. The second-order valence-corrected chi connectivity index (χ2v) is 6.13. The number of ether oxygens (including phenoxy) is 2. The molecule has 0 saturated heterocycles. The van der Waals surface area contributed by atoms with Crippen LogP contribution in [-0.4, -0.2) is 30.1 Å². The van der Waals surface area contributed by atoms with Crippen LogP contribution in [0, 0.1) is 0 Å². The third kappa shape index (κ3) is 4.28. The van der Waals surface area contributed by atoms with Gasteiger partial charge in [-0.25, -0.2) is 9.59 Å². The summed E-state index contributed by atoms with van der Waals surface area (Å²) in [4.78, 5) is 28.9. The summed E-state index contributed by atoms with van der Waals surface area (Å²) in [5, 5.41) is 4.04. The zero-order valence-electron chi connectivity index (χ0n) is 15.9. The van der Waals surface area contributed by atoms with Crippen molar-refractivity contribution in [1.82, 2.24) is 4.98 Å². The molecule has 0 aliphatic heterocycles. The number of hydrogen-bond donors (Lipinski definition) is 1. The van der Waals surface area contributed by atoms with Crippen LogP contribution in [0.5, 0.6) is 0 Å². The first-order valence-corrected chi connectivity index (χ1v) is 9.23. The van der Waals surface area contributed by atoms with Crippen molar-refractivity contribution in [2.75, 3.05) is 18.5 Å². The molecule has 3 rings (SSSR count). The van der Waals surface area contributed by atoms with Crippen molar-refractivity contribution in [3.63, 3.8) is 0 Å². The van der Waals surface area contributed by atoms with Crippen molar-refractivity contribution in [2.45, 2.75) is 20.3 Å². The lowest BCUT2D eigenvalue weighted by atomic mass is 10.1. The Kier molecular flexibility index (Phi) is 6.22. The van der Waals surface area contributed by atoms with E-state index in [9.17, 15) is 9.59 Å². The van der Waals surface area contributed by atoms with Gasteiger partial charge in [0.05, 0.1) is 30.0 Å². The zero-order valence-corrected chi connectivity index (χ0v) is 15.9. The summed E-state index contributed by atoms with van der Waals surface area (Å²) in [7, 11) is 0. The van der Waals surface area contributed by atoms with Crippen LogP contribution in [0.25, 0.3) is 10.9 Å². The molecule has 3 aromatic rings. The Balaban J connectivity index is 2.00. The number of pyridine rings is 1. The molecule has 6 nitrogen and oxygen atoms in total. The topological polar surface area (TPSA) is 77.5 Å². The molecule has 1 aromatic heterocycles. The number of anilines is 2. The number of aromatic nitrogens is 1. The SMILES string of the molecule is CCCOC(=O)c1cccc(Nc2c(C(=O)OCC)cnc3ccccc23)c1. The molecule has 28 heavy (non-hydrogen) atoms. The van der Waals surface area contributed by atoms with Crippen LogP contribution >= 0.6 is 0 Å². The number of fused-ring (bicyclic) bond motifs is 1. The van der Waals surface area contributed by atoms with Gasteiger partial charge in [0.1, 0.15) is 5.56 Å². The van der Waals surface area contributed by atoms with Crippen molar-refractivity contribution in [2.24, 2.45) is 0 Å². The van der Waals surface area contributed by atoms with E-state index in [4.69, 9.17) is 9.47 Å². The summed E-state index contributed by atoms with van der Waals surface area (Å²) < 4.78 is 10.4. The molecule has 0 aliphatic carbocycles. The van der Waals surface area contributed by atoms with Crippen molar-refractivity contribution in [3.8, 4) is 0 Å². The predicted octanol–water partition coefficient (Wildman–Crippen LogP) is 4.72. The molecule has 6 heteroatoms. The van der Waals surface area contributed by atoms with Gasteiger partial charge < -0.3 is 14.8 Å². The lowest BCUT2D eigenvalue weighted by molar-refractivity contribution is 0.0501. The number of nitrogens with zero attached hydrogens (tertiary/aromatic N) is 1. The van der Waals surface area contributed by atoms with E-state index in [2.05, 4.69) is 10.3 Å². The van der Waals surface area contributed by atoms with Crippen LogP contribution in [0.15, 0.2) is 54.7 Å². The molecule has 0 bridgehead atoms. The van der Waals surface area contributed by atoms with Gasteiger partial charge in [0.15, 0.2) is 0 Å². The molecule has 0 spiro atoms. The summed E-state index contributed by atoms with van der Waals surface area (Å²) in [5.74, 6) is -0.836. The molecule has 0 amide bonds. The molecular formula is C22H22N2O4. The number of carbonyl (C=O) groups excluding carboxylic acids is 2. The van der Waals surface area contributed by atoms with E-state index in [1.807, 2.05) is 37.3 Å². The van der Waals surface area contributed by atoms with E-state index < -0.39 is 5.97 Å². The maximum absolute atomic E-state index is 12.4. The highest BCUT2D eigenvalue weighted by molar-refractivity contribution is 6.06. The number of hydrogen-bond acceptors (Lipinski definition) is 6. The smallest absolute Gasteiger partial charge is 0.341 e. The molecule has 1 heterocycles. The average Bonchev–Trinajstić information content (AvgIpc) is 2.72. The minimum atomic E-state index is -0.457. The number of para-hydroxylation sites is 1. The molecule has 0 fully saturated rings. The molecule has 0 atom stereocenters. The van der Waals surface area contributed by atoms with E-state index in [-0.39, 0.29) is 12.6 Å². The number of carbonyl (C=O) groups is 2. The highest BCUT2D eigenvalue weighted by atomic mass is 16.5. The summed E-state index contributed by atoms with van der Waals surface area (Å²) in [6, 6.07) is 14.5. The first-order valence-electron chi connectivity index (χ1n) is 9.23. The maximum Gasteiger partial charge on any atom is 0.341 e. The molecular weight excluding hydrogens is 356 g/mol. The fraction of sp³-hybridized carbons (Fsp3) is 0.227. The van der Waals surface area contributed by atoms with E-state index in [0.717, 1.165) is 17.3 Å². The Bertz CT molecular complexity index is 1000. The summed E-state index contributed by atoms with van der Waals surface area (Å²) in [5.41, 5.74) is 2.77. The lowest BCUT2D eigenvalue weighted by Crippen LogP contribution is -2.10. The zero-order chi connectivity index (χ0) is 19.9. The highest BCUT2D eigenvalue weighted by Crippen LogP contribution is 2.30. The maximum atomic E-state index is 12.4. The van der Waals surface area contributed by atoms with Gasteiger partial charge in [-0.1, -0.05) is 31.2 Å². The molecule has 2 aromatic carbocycles. The third-order valence-corrected chi connectivity index (χ3v) is 4.08. The predicted molar refractivity (Wildman–Crippen MR) is 108 cm³/mol. The van der Waals surface area contributed by atoms with E-state index in [1.165, 1.54) is 6.20 Å². The van der Waals surface area contributed by atoms with Gasteiger partial charge in [0.2, 0.25) is 0 Å². The van der Waals surface area contributed by atoms with Crippen LogP contribution < -0.4 is 5.32 Å². The van der Waals surface area contributed by atoms with Crippen LogP contribution in [0.4, 0.5) is 11.4 Å². The summed E-state index contributed by atoms with van der Waals surface area (Å²) in [6.07, 6.45) is 2.26. The fourth-order valence-corrected chi connectivity index (χ4v) is 2.79. The first-order chi connectivity index (χ1) is 13.6. The molecule has 0 radical (unpaired) electrons. The highest BCUT2D eigenvalue weighted by Gasteiger charge is 2.17. The summed E-state index contributed by atoms with van der Waals surface area (Å²) in [6.45, 7) is 4.34. The Labute approximate surface area is 163 Å². The fourth-order valence-electron chi connectivity index (χ4n) is 2.79. The van der Waals surface area contributed by atoms with Gasteiger partial charge in [-0.2, -0.15) is 0 Å². The van der Waals surface area contributed by atoms with Gasteiger partial charge in [0, 0.05) is 17.3 Å². The molecule has 0 aliphatic rings. The van der Waals surface area contributed by atoms with Crippen molar-refractivity contribution in [3.05, 3.63) is 65.9 Å². The number of esters is 2. The van der Waals surface area contributed by atoms with E-state index in [1.54, 1.807) is 25.1 Å². The minimum absolute atomic E-state index is 0.268. The standard InChI is InChI=1S/C22H22N2O4/c1-3-12-28-21(25)15-8-7-9-16(13-15)24-20-17-10-5-6-11-19(17)23-14-18(20)22(26)27-4-2/h5-11,13-14H,3-4,12H2,1-2H3,(H,23,24). The molecule has 1 N–H and O–H groups in total. The van der Waals surface area contributed by atoms with E-state index in [0.29, 0.717) is 29.1 Å². The Hall–Kier alpha value is -3.41. The largest absolute Gasteiger partial charge is 0.462 e. The molecule has 144 valence electrons. The Morgan fingerprint density at radius 1 is 1.00 bits per heavy atom. The summed E-state index contributed by atoms with van der Waals surface area (Å²) >= 11 is 0. The lowest BCUT2D eigenvalue weighted by Gasteiger charge is -2.14. The van der Waals surface area contributed by atoms with Crippen molar-refractivity contribution >= 4 is 34.2 Å². The normalized spacial score (nSPS) is 10.5. The number of benzene rings is 2. The van der Waals surface area contributed by atoms with Gasteiger partial charge >= 0.3 is 11.9 Å².